The Morgan fingerprint density at radius 3 is 2.77 bits per heavy atom. The number of amides is 1. The number of nitrogens with zero attached hydrogens (tertiary/aromatic N) is 2. The van der Waals surface area contributed by atoms with E-state index in [0.29, 0.717) is 11.7 Å². The number of hydrogen-bond donors (Lipinski definition) is 2. The van der Waals surface area contributed by atoms with E-state index in [1.54, 1.807) is 7.05 Å². The smallest absolute Gasteiger partial charge is 0.271 e. The fourth-order valence-electron chi connectivity index (χ4n) is 3.88. The number of aromatic nitrogens is 2. The van der Waals surface area contributed by atoms with Crippen LogP contribution >= 0.6 is 0 Å². The van der Waals surface area contributed by atoms with E-state index >= 15 is 0 Å². The molecule has 2 aromatic rings. The standard InChI is InChI=1S/C21H28N4O/c1-22-21(26)20-18-13-17(23-14-16-7-8-16)9-10-19(18)25(24-20)12-11-15-5-3-2-4-6-15/h2-6,16-17,23H,7-14H2,1H3,(H,22,26). The van der Waals surface area contributed by atoms with Crippen molar-refractivity contribution in [2.24, 2.45) is 5.92 Å². The highest BCUT2D eigenvalue weighted by Crippen LogP contribution is 2.29. The van der Waals surface area contributed by atoms with Gasteiger partial charge in [-0.25, -0.2) is 0 Å². The van der Waals surface area contributed by atoms with Crippen LogP contribution in [0, 0.1) is 5.92 Å². The largest absolute Gasteiger partial charge is 0.354 e. The van der Waals surface area contributed by atoms with Crippen molar-refractivity contribution < 1.29 is 4.79 Å². The third-order valence-electron chi connectivity index (χ3n) is 5.64. The van der Waals surface area contributed by atoms with Gasteiger partial charge in [-0.05, 0) is 56.6 Å². The van der Waals surface area contributed by atoms with Crippen LogP contribution in [0.2, 0.25) is 0 Å². The molecule has 138 valence electrons. The second-order valence-corrected chi connectivity index (χ2v) is 7.60. The second-order valence-electron chi connectivity index (χ2n) is 7.60. The van der Waals surface area contributed by atoms with Gasteiger partial charge in [0.15, 0.2) is 5.69 Å². The van der Waals surface area contributed by atoms with Crippen molar-refractivity contribution in [3.05, 3.63) is 52.8 Å². The lowest BCUT2D eigenvalue weighted by Crippen LogP contribution is -2.36. The fraction of sp³-hybridized carbons (Fsp3) is 0.524. The number of fused-ring (bicyclic) bond motifs is 1. The molecule has 1 amide bonds. The van der Waals surface area contributed by atoms with Gasteiger partial charge in [-0.2, -0.15) is 5.10 Å². The van der Waals surface area contributed by atoms with E-state index in [2.05, 4.69) is 39.6 Å². The summed E-state index contributed by atoms with van der Waals surface area (Å²) in [6.07, 6.45) is 6.71. The van der Waals surface area contributed by atoms with Crippen LogP contribution in [0.5, 0.6) is 0 Å². The van der Waals surface area contributed by atoms with Gasteiger partial charge in [0.2, 0.25) is 0 Å². The van der Waals surface area contributed by atoms with Gasteiger partial charge in [0, 0.05) is 30.9 Å². The molecule has 1 heterocycles. The lowest BCUT2D eigenvalue weighted by Gasteiger charge is -2.24. The molecule has 1 unspecified atom stereocenters. The van der Waals surface area contributed by atoms with Gasteiger partial charge in [0.1, 0.15) is 0 Å². The maximum Gasteiger partial charge on any atom is 0.271 e. The predicted molar refractivity (Wildman–Crippen MR) is 102 cm³/mol. The van der Waals surface area contributed by atoms with Crippen LogP contribution in [0.1, 0.15) is 46.6 Å². The molecule has 1 atom stereocenters. The zero-order valence-corrected chi connectivity index (χ0v) is 15.5. The minimum absolute atomic E-state index is 0.0671. The van der Waals surface area contributed by atoms with Crippen molar-refractivity contribution in [2.75, 3.05) is 13.6 Å². The summed E-state index contributed by atoms with van der Waals surface area (Å²) in [5, 5.41) is 11.2. The first kappa shape index (κ1) is 17.3. The summed E-state index contributed by atoms with van der Waals surface area (Å²) in [6.45, 7) is 1.95. The molecule has 0 radical (unpaired) electrons. The number of carbonyl (C=O) groups excluding carboxylic acids is 1. The Hall–Kier alpha value is -2.14. The SMILES string of the molecule is CNC(=O)c1nn(CCc2ccccc2)c2c1CC(NCC1CC1)CC2. The number of nitrogens with one attached hydrogen (secondary N) is 2. The lowest BCUT2D eigenvalue weighted by molar-refractivity contribution is 0.0956. The Balaban J connectivity index is 1.51. The van der Waals surface area contributed by atoms with Crippen LogP contribution in [0.3, 0.4) is 0 Å². The summed E-state index contributed by atoms with van der Waals surface area (Å²) in [7, 11) is 1.68. The van der Waals surface area contributed by atoms with Crippen LogP contribution in [0.4, 0.5) is 0 Å². The van der Waals surface area contributed by atoms with Crippen molar-refractivity contribution in [2.45, 2.75) is 51.1 Å². The van der Waals surface area contributed by atoms with E-state index in [4.69, 9.17) is 5.10 Å². The highest BCUT2D eigenvalue weighted by molar-refractivity contribution is 5.93. The first-order valence-electron chi connectivity index (χ1n) is 9.82. The molecule has 1 fully saturated rings. The Morgan fingerprint density at radius 2 is 2.04 bits per heavy atom. The molecule has 1 aromatic carbocycles. The maximum absolute atomic E-state index is 12.3. The highest BCUT2D eigenvalue weighted by atomic mass is 16.1. The van der Waals surface area contributed by atoms with Gasteiger partial charge < -0.3 is 10.6 Å². The molecule has 0 bridgehead atoms. The molecule has 0 aliphatic heterocycles. The molecule has 5 nitrogen and oxygen atoms in total. The summed E-state index contributed by atoms with van der Waals surface area (Å²) < 4.78 is 2.07. The molecule has 0 saturated heterocycles. The number of rotatable bonds is 7. The summed E-state index contributed by atoms with van der Waals surface area (Å²) >= 11 is 0. The summed E-state index contributed by atoms with van der Waals surface area (Å²) in [6, 6.07) is 10.9. The van der Waals surface area contributed by atoms with E-state index in [1.807, 2.05) is 6.07 Å². The number of hydrogen-bond acceptors (Lipinski definition) is 3. The Morgan fingerprint density at radius 1 is 1.23 bits per heavy atom. The molecule has 2 N–H and O–H groups in total. The quantitative estimate of drug-likeness (QED) is 0.804. The van der Waals surface area contributed by atoms with E-state index in [1.165, 1.54) is 24.1 Å². The molecular weight excluding hydrogens is 324 g/mol. The molecule has 1 aromatic heterocycles. The van der Waals surface area contributed by atoms with Crippen molar-refractivity contribution in [1.29, 1.82) is 0 Å². The molecule has 5 heteroatoms. The second kappa shape index (κ2) is 7.62. The van der Waals surface area contributed by atoms with Crippen LogP contribution < -0.4 is 10.6 Å². The van der Waals surface area contributed by atoms with Gasteiger partial charge in [0.05, 0.1) is 0 Å². The van der Waals surface area contributed by atoms with Gasteiger partial charge in [-0.15, -0.1) is 0 Å². The predicted octanol–water partition coefficient (Wildman–Crippen LogP) is 2.34. The Kier molecular flexibility index (Phi) is 5.07. The first-order chi connectivity index (χ1) is 12.7. The maximum atomic E-state index is 12.3. The van der Waals surface area contributed by atoms with Crippen molar-refractivity contribution >= 4 is 5.91 Å². The topological polar surface area (TPSA) is 59.0 Å². The van der Waals surface area contributed by atoms with Crippen LogP contribution in [-0.4, -0.2) is 35.3 Å². The molecule has 2 aliphatic carbocycles. The van der Waals surface area contributed by atoms with Crippen LogP contribution in [0.25, 0.3) is 0 Å². The van der Waals surface area contributed by atoms with Crippen molar-refractivity contribution in [3.63, 3.8) is 0 Å². The third-order valence-corrected chi connectivity index (χ3v) is 5.64. The Bertz CT molecular complexity index is 764. The monoisotopic (exact) mass is 352 g/mol. The average Bonchev–Trinajstić information content (AvgIpc) is 3.45. The van der Waals surface area contributed by atoms with Crippen LogP contribution in [-0.2, 0) is 25.8 Å². The Labute approximate surface area is 155 Å². The zero-order chi connectivity index (χ0) is 17.9. The van der Waals surface area contributed by atoms with Crippen LogP contribution in [0.15, 0.2) is 30.3 Å². The summed E-state index contributed by atoms with van der Waals surface area (Å²) in [5.74, 6) is 0.811. The van der Waals surface area contributed by atoms with Gasteiger partial charge in [-0.3, -0.25) is 9.48 Å². The normalized spacial score (nSPS) is 19.2. The first-order valence-corrected chi connectivity index (χ1v) is 9.82. The number of aryl methyl sites for hydroxylation is 2. The van der Waals surface area contributed by atoms with E-state index in [9.17, 15) is 4.79 Å². The third kappa shape index (κ3) is 3.83. The lowest BCUT2D eigenvalue weighted by atomic mass is 9.91. The van der Waals surface area contributed by atoms with Gasteiger partial charge in [0.25, 0.3) is 5.91 Å². The van der Waals surface area contributed by atoms with Crippen molar-refractivity contribution in [1.82, 2.24) is 20.4 Å². The zero-order valence-electron chi connectivity index (χ0n) is 15.5. The van der Waals surface area contributed by atoms with Crippen molar-refractivity contribution in [3.8, 4) is 0 Å². The fourth-order valence-corrected chi connectivity index (χ4v) is 3.88. The molecule has 0 spiro atoms. The molecule has 26 heavy (non-hydrogen) atoms. The number of benzene rings is 1. The molecule has 2 aliphatic rings. The summed E-state index contributed by atoms with van der Waals surface area (Å²) in [5.41, 5.74) is 4.33. The minimum atomic E-state index is -0.0671. The van der Waals surface area contributed by atoms with E-state index in [-0.39, 0.29) is 5.91 Å². The average molecular weight is 352 g/mol. The summed E-state index contributed by atoms with van der Waals surface area (Å²) in [4.78, 5) is 12.3. The van der Waals surface area contributed by atoms with E-state index in [0.717, 1.165) is 50.3 Å². The minimum Gasteiger partial charge on any atom is -0.354 e. The molecule has 1 saturated carbocycles. The van der Waals surface area contributed by atoms with Gasteiger partial charge in [-0.1, -0.05) is 30.3 Å². The highest BCUT2D eigenvalue weighted by Gasteiger charge is 2.30. The van der Waals surface area contributed by atoms with Gasteiger partial charge >= 0.3 is 0 Å². The van der Waals surface area contributed by atoms with E-state index < -0.39 is 0 Å². The molecular formula is C21H28N4O. The molecule has 4 rings (SSSR count). The number of carbonyl (C=O) groups is 1.